The van der Waals surface area contributed by atoms with Crippen molar-refractivity contribution in [3.05, 3.63) is 82.7 Å². The van der Waals surface area contributed by atoms with E-state index >= 15 is 0 Å². The predicted octanol–water partition coefficient (Wildman–Crippen LogP) is 3.91. The molecule has 0 bridgehead atoms. The van der Waals surface area contributed by atoms with Crippen LogP contribution < -0.4 is 15.1 Å². The van der Waals surface area contributed by atoms with Crippen LogP contribution in [0.1, 0.15) is 22.5 Å². The minimum atomic E-state index is -0.748. The molecule has 0 unspecified atom stereocenters. The average Bonchev–Trinajstić information content (AvgIpc) is 3.16. The highest BCUT2D eigenvalue weighted by molar-refractivity contribution is 6.39. The quantitative estimate of drug-likeness (QED) is 0.449. The molecule has 0 saturated carbocycles. The van der Waals surface area contributed by atoms with Gasteiger partial charge < -0.3 is 14.2 Å². The number of morpholine rings is 1. The molecule has 184 valence electrons. The Morgan fingerprint density at radius 2 is 1.56 bits per heavy atom. The first-order valence-corrected chi connectivity index (χ1v) is 11.9. The van der Waals surface area contributed by atoms with Gasteiger partial charge in [-0.3, -0.25) is 14.9 Å². The van der Waals surface area contributed by atoms with Crippen LogP contribution in [0.5, 0.6) is 0 Å². The molecule has 2 fully saturated rings. The number of amides is 4. The number of anilines is 2. The summed E-state index contributed by atoms with van der Waals surface area (Å²) in [4.78, 5) is 41.9. The molecule has 0 aliphatic carbocycles. The highest BCUT2D eigenvalue weighted by Gasteiger charge is 2.37. The molecule has 1 aromatic heterocycles. The smallest absolute Gasteiger partial charge is 0.335 e. The van der Waals surface area contributed by atoms with E-state index in [4.69, 9.17) is 4.74 Å². The Morgan fingerprint density at radius 1 is 0.889 bits per heavy atom. The van der Waals surface area contributed by atoms with Crippen LogP contribution in [0.15, 0.2) is 60.2 Å². The van der Waals surface area contributed by atoms with Crippen LogP contribution in [0, 0.1) is 20.8 Å². The van der Waals surface area contributed by atoms with Crippen LogP contribution in [-0.4, -0.2) is 48.7 Å². The summed E-state index contributed by atoms with van der Waals surface area (Å²) in [5.74, 6) is -1.34. The molecule has 0 spiro atoms. The Hall–Kier alpha value is -4.17. The van der Waals surface area contributed by atoms with Gasteiger partial charge in [-0.15, -0.1) is 0 Å². The van der Waals surface area contributed by atoms with Gasteiger partial charge in [0.25, 0.3) is 11.8 Å². The number of rotatable bonds is 4. The topological polar surface area (TPSA) is 83.9 Å². The third-order valence-electron chi connectivity index (χ3n) is 6.71. The van der Waals surface area contributed by atoms with E-state index in [1.807, 2.05) is 39.0 Å². The number of imide groups is 2. The van der Waals surface area contributed by atoms with E-state index in [2.05, 4.69) is 39.0 Å². The van der Waals surface area contributed by atoms with Gasteiger partial charge in [0.2, 0.25) is 0 Å². The molecule has 2 aromatic carbocycles. The highest BCUT2D eigenvalue weighted by atomic mass is 16.5. The molecule has 2 aliphatic rings. The van der Waals surface area contributed by atoms with Gasteiger partial charge in [-0.05, 0) is 74.4 Å². The first-order valence-electron chi connectivity index (χ1n) is 11.9. The number of urea groups is 1. The molecular weight excluding hydrogens is 456 g/mol. The number of carbonyl (C=O) groups excluding carboxylic acids is 3. The van der Waals surface area contributed by atoms with E-state index in [1.165, 1.54) is 0 Å². The summed E-state index contributed by atoms with van der Waals surface area (Å²) in [6.07, 6.45) is 1.57. The number of hydrogen-bond acceptors (Lipinski definition) is 5. The lowest BCUT2D eigenvalue weighted by Gasteiger charge is -2.29. The number of para-hydroxylation sites is 1. The second-order valence-electron chi connectivity index (χ2n) is 9.02. The first-order chi connectivity index (χ1) is 17.3. The Kier molecular flexibility index (Phi) is 6.20. The van der Waals surface area contributed by atoms with Crippen LogP contribution in [-0.2, 0) is 14.3 Å². The Labute approximate surface area is 209 Å². The second-order valence-corrected chi connectivity index (χ2v) is 9.02. The third kappa shape index (κ3) is 4.20. The SMILES string of the molecule is Cc1ccccc1N1C(=O)NC(=O)/C(=C\c2cc(C)n(-c3ccc(N4CCOCC4)cc3)c2C)C1=O. The Balaban J connectivity index is 1.47. The molecule has 8 nitrogen and oxygen atoms in total. The van der Waals surface area contributed by atoms with Crippen molar-refractivity contribution in [1.82, 2.24) is 9.88 Å². The van der Waals surface area contributed by atoms with E-state index in [9.17, 15) is 14.4 Å². The number of ether oxygens (including phenoxy) is 1. The van der Waals surface area contributed by atoms with Crippen LogP contribution in [0.3, 0.4) is 0 Å². The van der Waals surface area contributed by atoms with Crippen LogP contribution in [0.4, 0.5) is 16.2 Å². The minimum absolute atomic E-state index is 0.0826. The number of aromatic nitrogens is 1. The van der Waals surface area contributed by atoms with E-state index in [0.29, 0.717) is 5.69 Å². The van der Waals surface area contributed by atoms with Gasteiger partial charge in [0.05, 0.1) is 18.9 Å². The lowest BCUT2D eigenvalue weighted by atomic mass is 10.1. The zero-order chi connectivity index (χ0) is 25.4. The van der Waals surface area contributed by atoms with Crippen LogP contribution in [0.2, 0.25) is 0 Å². The standard InChI is InChI=1S/C28H28N4O4/c1-18-6-4-5-7-25(18)32-27(34)24(26(33)29-28(32)35)17-21-16-19(2)31(20(21)3)23-10-8-22(9-11-23)30-12-14-36-15-13-30/h4-11,16-17H,12-15H2,1-3H3,(H,29,33,35)/b24-17+. The average molecular weight is 485 g/mol. The zero-order valence-corrected chi connectivity index (χ0v) is 20.6. The van der Waals surface area contributed by atoms with E-state index in [0.717, 1.165) is 65.1 Å². The maximum Gasteiger partial charge on any atom is 0.335 e. The van der Waals surface area contributed by atoms with Crippen molar-refractivity contribution in [1.29, 1.82) is 0 Å². The molecule has 3 aromatic rings. The lowest BCUT2D eigenvalue weighted by Crippen LogP contribution is -2.54. The highest BCUT2D eigenvalue weighted by Crippen LogP contribution is 2.28. The van der Waals surface area contributed by atoms with Gasteiger partial charge >= 0.3 is 6.03 Å². The molecule has 3 heterocycles. The van der Waals surface area contributed by atoms with Crippen LogP contribution >= 0.6 is 0 Å². The van der Waals surface area contributed by atoms with E-state index in [-0.39, 0.29) is 5.57 Å². The number of nitrogens with one attached hydrogen (secondary N) is 1. The summed E-state index contributed by atoms with van der Waals surface area (Å²) in [5.41, 5.74) is 5.86. The van der Waals surface area contributed by atoms with Gasteiger partial charge in [-0.2, -0.15) is 0 Å². The van der Waals surface area contributed by atoms with Crippen molar-refractivity contribution < 1.29 is 19.1 Å². The summed E-state index contributed by atoms with van der Waals surface area (Å²) >= 11 is 0. The number of hydrogen-bond donors (Lipinski definition) is 1. The fraction of sp³-hybridized carbons (Fsp3) is 0.250. The van der Waals surface area contributed by atoms with Crippen molar-refractivity contribution in [2.45, 2.75) is 20.8 Å². The molecular formula is C28H28N4O4. The normalized spacial score (nSPS) is 17.6. The molecule has 1 N–H and O–H groups in total. The molecule has 8 heteroatoms. The molecule has 5 rings (SSSR count). The number of barbiturate groups is 1. The zero-order valence-electron chi connectivity index (χ0n) is 20.6. The maximum atomic E-state index is 13.3. The lowest BCUT2D eigenvalue weighted by molar-refractivity contribution is -0.122. The summed E-state index contributed by atoms with van der Waals surface area (Å²) in [6, 6.07) is 16.6. The number of benzene rings is 2. The van der Waals surface area contributed by atoms with Crippen LogP contribution in [0.25, 0.3) is 11.8 Å². The molecule has 0 atom stereocenters. The molecule has 2 aliphatic heterocycles. The summed E-state index contributed by atoms with van der Waals surface area (Å²) in [6.45, 7) is 8.95. The monoisotopic (exact) mass is 484 g/mol. The van der Waals surface area contributed by atoms with Gasteiger partial charge in [-0.1, -0.05) is 18.2 Å². The van der Waals surface area contributed by atoms with Crippen molar-refractivity contribution >= 4 is 35.3 Å². The van der Waals surface area contributed by atoms with Gasteiger partial charge in [0, 0.05) is 35.9 Å². The largest absolute Gasteiger partial charge is 0.378 e. The Bertz CT molecular complexity index is 1380. The second kappa shape index (κ2) is 9.47. The first kappa shape index (κ1) is 23.6. The molecule has 36 heavy (non-hydrogen) atoms. The van der Waals surface area contributed by atoms with Crippen molar-refractivity contribution in [2.75, 3.05) is 36.1 Å². The number of carbonyl (C=O) groups is 3. The van der Waals surface area contributed by atoms with Gasteiger partial charge in [-0.25, -0.2) is 9.69 Å². The van der Waals surface area contributed by atoms with Crippen molar-refractivity contribution in [2.24, 2.45) is 0 Å². The summed E-state index contributed by atoms with van der Waals surface area (Å²) < 4.78 is 7.53. The Morgan fingerprint density at radius 3 is 2.25 bits per heavy atom. The van der Waals surface area contributed by atoms with E-state index in [1.54, 1.807) is 18.2 Å². The maximum absolute atomic E-state index is 13.3. The third-order valence-corrected chi connectivity index (χ3v) is 6.71. The fourth-order valence-electron chi connectivity index (χ4n) is 4.81. The van der Waals surface area contributed by atoms with Gasteiger partial charge in [0.15, 0.2) is 0 Å². The molecule has 0 radical (unpaired) electrons. The molecule has 2 saturated heterocycles. The summed E-state index contributed by atoms with van der Waals surface area (Å²) in [7, 11) is 0. The number of aryl methyl sites for hydroxylation is 2. The molecule has 4 amide bonds. The summed E-state index contributed by atoms with van der Waals surface area (Å²) in [5, 5.41) is 2.30. The fourth-order valence-corrected chi connectivity index (χ4v) is 4.81. The minimum Gasteiger partial charge on any atom is -0.378 e. The van der Waals surface area contributed by atoms with E-state index < -0.39 is 17.8 Å². The van der Waals surface area contributed by atoms with Crippen molar-refractivity contribution in [3.8, 4) is 5.69 Å². The number of nitrogens with zero attached hydrogens (tertiary/aromatic N) is 3. The predicted molar refractivity (Wildman–Crippen MR) is 138 cm³/mol. The van der Waals surface area contributed by atoms with Crippen molar-refractivity contribution in [3.63, 3.8) is 0 Å². The van der Waals surface area contributed by atoms with Gasteiger partial charge in [0.1, 0.15) is 5.57 Å².